The summed E-state index contributed by atoms with van der Waals surface area (Å²) in [6.07, 6.45) is 0. The average molecular weight is 323 g/mol. The summed E-state index contributed by atoms with van der Waals surface area (Å²) in [5.74, 6) is 1.94. The lowest BCUT2D eigenvalue weighted by atomic mass is 10.1. The van der Waals surface area contributed by atoms with Crippen LogP contribution >= 0.6 is 0 Å². The SMILES string of the molecule is CCOc1ccc(NC(C)c2nnc(-c3ccc(C)cc3)o2)cc1. The molecule has 0 aliphatic rings. The lowest BCUT2D eigenvalue weighted by molar-refractivity contribution is 0.340. The number of aromatic nitrogens is 2. The van der Waals surface area contributed by atoms with Gasteiger partial charge in [-0.1, -0.05) is 17.7 Å². The molecule has 1 atom stereocenters. The van der Waals surface area contributed by atoms with Gasteiger partial charge in [-0.05, 0) is 57.2 Å². The maximum Gasteiger partial charge on any atom is 0.247 e. The van der Waals surface area contributed by atoms with Crippen molar-refractivity contribution in [1.29, 1.82) is 0 Å². The van der Waals surface area contributed by atoms with E-state index in [1.807, 2.05) is 69.3 Å². The van der Waals surface area contributed by atoms with E-state index in [9.17, 15) is 0 Å². The molecule has 0 aliphatic heterocycles. The third kappa shape index (κ3) is 3.74. The zero-order valence-electron chi connectivity index (χ0n) is 14.1. The van der Waals surface area contributed by atoms with Crippen molar-refractivity contribution in [2.24, 2.45) is 0 Å². The number of aryl methyl sites for hydroxylation is 1. The molecule has 1 heterocycles. The van der Waals surface area contributed by atoms with Gasteiger partial charge < -0.3 is 14.5 Å². The van der Waals surface area contributed by atoms with Gasteiger partial charge in [0.2, 0.25) is 11.8 Å². The summed E-state index contributed by atoms with van der Waals surface area (Å²) in [4.78, 5) is 0. The van der Waals surface area contributed by atoms with E-state index in [-0.39, 0.29) is 6.04 Å². The number of benzene rings is 2. The summed E-state index contributed by atoms with van der Waals surface area (Å²) in [6.45, 7) is 6.66. The normalized spacial score (nSPS) is 12.0. The number of nitrogens with one attached hydrogen (secondary N) is 1. The van der Waals surface area contributed by atoms with Gasteiger partial charge >= 0.3 is 0 Å². The Balaban J connectivity index is 1.69. The standard InChI is InChI=1S/C19H21N3O2/c1-4-23-17-11-9-16(10-12-17)20-14(3)18-21-22-19(24-18)15-7-5-13(2)6-8-15/h5-12,14,20H,4H2,1-3H3. The van der Waals surface area contributed by atoms with E-state index in [0.717, 1.165) is 17.0 Å². The Morgan fingerprint density at radius 3 is 2.42 bits per heavy atom. The van der Waals surface area contributed by atoms with Crippen LogP contribution in [0.1, 0.15) is 31.3 Å². The molecule has 0 saturated carbocycles. The summed E-state index contributed by atoms with van der Waals surface area (Å²) in [6, 6.07) is 15.7. The van der Waals surface area contributed by atoms with Crippen molar-refractivity contribution >= 4 is 5.69 Å². The van der Waals surface area contributed by atoms with E-state index in [0.29, 0.717) is 18.4 Å². The predicted molar refractivity (Wildman–Crippen MR) is 94.1 cm³/mol. The highest BCUT2D eigenvalue weighted by molar-refractivity contribution is 5.53. The molecule has 24 heavy (non-hydrogen) atoms. The Morgan fingerprint density at radius 2 is 1.75 bits per heavy atom. The number of ether oxygens (including phenoxy) is 1. The molecule has 1 unspecified atom stereocenters. The molecule has 5 heteroatoms. The first-order valence-corrected chi connectivity index (χ1v) is 8.05. The molecule has 3 rings (SSSR count). The van der Waals surface area contributed by atoms with Crippen molar-refractivity contribution in [1.82, 2.24) is 10.2 Å². The van der Waals surface area contributed by atoms with E-state index < -0.39 is 0 Å². The molecular formula is C19H21N3O2. The van der Waals surface area contributed by atoms with Gasteiger partial charge in [0.1, 0.15) is 11.8 Å². The highest BCUT2D eigenvalue weighted by Crippen LogP contribution is 2.24. The second-order valence-electron chi connectivity index (χ2n) is 5.63. The van der Waals surface area contributed by atoms with Crippen molar-refractivity contribution in [2.45, 2.75) is 26.8 Å². The van der Waals surface area contributed by atoms with E-state index in [1.54, 1.807) is 0 Å². The molecule has 1 N–H and O–H groups in total. The fraction of sp³-hybridized carbons (Fsp3) is 0.263. The van der Waals surface area contributed by atoms with Gasteiger partial charge in [0.15, 0.2) is 0 Å². The van der Waals surface area contributed by atoms with Crippen molar-refractivity contribution in [3.05, 3.63) is 60.0 Å². The van der Waals surface area contributed by atoms with Crippen LogP contribution in [0.4, 0.5) is 5.69 Å². The Kier molecular flexibility index (Phi) is 4.79. The van der Waals surface area contributed by atoms with Gasteiger partial charge in [-0.3, -0.25) is 0 Å². The van der Waals surface area contributed by atoms with Crippen molar-refractivity contribution in [3.8, 4) is 17.2 Å². The molecule has 0 aliphatic carbocycles. The minimum atomic E-state index is -0.0883. The molecule has 0 radical (unpaired) electrons. The highest BCUT2D eigenvalue weighted by Gasteiger charge is 2.15. The summed E-state index contributed by atoms with van der Waals surface area (Å²) in [5.41, 5.74) is 3.10. The fourth-order valence-corrected chi connectivity index (χ4v) is 2.35. The van der Waals surface area contributed by atoms with Crippen LogP contribution in [0, 0.1) is 6.92 Å². The Morgan fingerprint density at radius 1 is 1.04 bits per heavy atom. The molecule has 124 valence electrons. The minimum absolute atomic E-state index is 0.0883. The lowest BCUT2D eigenvalue weighted by Gasteiger charge is -2.12. The molecule has 2 aromatic carbocycles. The van der Waals surface area contributed by atoms with Crippen LogP contribution in [0.3, 0.4) is 0 Å². The smallest absolute Gasteiger partial charge is 0.247 e. The fourth-order valence-electron chi connectivity index (χ4n) is 2.35. The van der Waals surface area contributed by atoms with E-state index >= 15 is 0 Å². The summed E-state index contributed by atoms with van der Waals surface area (Å²) in [5, 5.41) is 11.6. The summed E-state index contributed by atoms with van der Waals surface area (Å²) < 4.78 is 11.2. The number of hydrogen-bond acceptors (Lipinski definition) is 5. The number of nitrogens with zero attached hydrogens (tertiary/aromatic N) is 2. The minimum Gasteiger partial charge on any atom is -0.494 e. The topological polar surface area (TPSA) is 60.2 Å². The maximum atomic E-state index is 5.80. The highest BCUT2D eigenvalue weighted by atomic mass is 16.5. The van der Waals surface area contributed by atoms with Crippen molar-refractivity contribution in [2.75, 3.05) is 11.9 Å². The van der Waals surface area contributed by atoms with Crippen molar-refractivity contribution < 1.29 is 9.15 Å². The third-order valence-corrected chi connectivity index (χ3v) is 3.66. The van der Waals surface area contributed by atoms with Gasteiger partial charge in [0.25, 0.3) is 0 Å². The van der Waals surface area contributed by atoms with Gasteiger partial charge in [-0.2, -0.15) is 0 Å². The van der Waals surface area contributed by atoms with Crippen LogP contribution in [0.5, 0.6) is 5.75 Å². The summed E-state index contributed by atoms with van der Waals surface area (Å²) in [7, 11) is 0. The van der Waals surface area contributed by atoms with Crippen LogP contribution in [0.15, 0.2) is 52.9 Å². The van der Waals surface area contributed by atoms with E-state index in [1.165, 1.54) is 5.56 Å². The van der Waals surface area contributed by atoms with Crippen LogP contribution in [-0.4, -0.2) is 16.8 Å². The van der Waals surface area contributed by atoms with Crippen LogP contribution in [0.25, 0.3) is 11.5 Å². The zero-order chi connectivity index (χ0) is 16.9. The third-order valence-electron chi connectivity index (χ3n) is 3.66. The van der Waals surface area contributed by atoms with Crippen molar-refractivity contribution in [3.63, 3.8) is 0 Å². The van der Waals surface area contributed by atoms with E-state index in [2.05, 4.69) is 15.5 Å². The second kappa shape index (κ2) is 7.17. The Bertz CT molecular complexity index is 779. The molecule has 0 spiro atoms. The first-order chi connectivity index (χ1) is 11.7. The van der Waals surface area contributed by atoms with Gasteiger partial charge in [-0.15, -0.1) is 10.2 Å². The summed E-state index contributed by atoms with van der Waals surface area (Å²) >= 11 is 0. The molecule has 0 fully saturated rings. The van der Waals surface area contributed by atoms with Gasteiger partial charge in [0, 0.05) is 11.3 Å². The molecule has 1 aromatic heterocycles. The quantitative estimate of drug-likeness (QED) is 0.717. The number of rotatable bonds is 6. The van der Waals surface area contributed by atoms with Crippen LogP contribution in [0.2, 0.25) is 0 Å². The lowest BCUT2D eigenvalue weighted by Crippen LogP contribution is -2.06. The molecular weight excluding hydrogens is 302 g/mol. The molecule has 3 aromatic rings. The molecule has 5 nitrogen and oxygen atoms in total. The number of hydrogen-bond donors (Lipinski definition) is 1. The van der Waals surface area contributed by atoms with Gasteiger partial charge in [0.05, 0.1) is 6.61 Å². The van der Waals surface area contributed by atoms with Gasteiger partial charge in [-0.25, -0.2) is 0 Å². The Labute approximate surface area is 141 Å². The predicted octanol–water partition coefficient (Wildman–Crippen LogP) is 4.62. The largest absolute Gasteiger partial charge is 0.494 e. The van der Waals surface area contributed by atoms with Crippen LogP contribution in [-0.2, 0) is 0 Å². The average Bonchev–Trinajstić information content (AvgIpc) is 3.08. The molecule has 0 bridgehead atoms. The molecule has 0 amide bonds. The van der Waals surface area contributed by atoms with Crippen LogP contribution < -0.4 is 10.1 Å². The Hall–Kier alpha value is -2.82. The number of anilines is 1. The second-order valence-corrected chi connectivity index (χ2v) is 5.63. The first-order valence-electron chi connectivity index (χ1n) is 8.05. The van der Waals surface area contributed by atoms with E-state index in [4.69, 9.17) is 9.15 Å². The first kappa shape index (κ1) is 16.1. The monoisotopic (exact) mass is 323 g/mol. The maximum absolute atomic E-state index is 5.80. The molecule has 0 saturated heterocycles. The zero-order valence-corrected chi connectivity index (χ0v) is 14.1.